The molecule has 0 amide bonds. The average Bonchev–Trinajstić information content (AvgIpc) is 2.75. The summed E-state index contributed by atoms with van der Waals surface area (Å²) in [6, 6.07) is 0. The number of hydrogen-bond donors (Lipinski definition) is 0. The Morgan fingerprint density at radius 3 is 1.11 bits per heavy atom. The van der Waals surface area contributed by atoms with E-state index in [2.05, 4.69) is 0 Å². The summed E-state index contributed by atoms with van der Waals surface area (Å²) < 4.78 is 81.7. The number of allylic oxidation sites excluding steroid dienone is 4. The van der Waals surface area contributed by atoms with Gasteiger partial charge in [-0.05, 0) is 13.8 Å². The van der Waals surface area contributed by atoms with E-state index in [1.807, 2.05) is 0 Å². The van der Waals surface area contributed by atoms with Crippen molar-refractivity contribution in [2.75, 3.05) is 26.4 Å². The molecule has 2 aliphatic heterocycles. The molecule has 0 aromatic carbocycles. The minimum atomic E-state index is -4.95. The Bertz CT molecular complexity index is 1160. The van der Waals surface area contributed by atoms with Crippen LogP contribution in [0.2, 0.25) is 0 Å². The van der Waals surface area contributed by atoms with E-state index < -0.39 is 77.2 Å². The normalized spacial score (nSPS) is 28.7. The summed E-state index contributed by atoms with van der Waals surface area (Å²) in [5.74, 6) is -4.89. The SMILES string of the molecule is CC1(S(=O)(=O)[O-])CC(=O)C2=C(OCCO2)C1=O.CC1(S(=O)(=O)[O-])CC(=O)C2=C(OCCO2)C1=O.[Mg+2]. The summed E-state index contributed by atoms with van der Waals surface area (Å²) in [6.45, 7) is 2.14. The molecule has 2 unspecified atom stereocenters. The van der Waals surface area contributed by atoms with Crippen LogP contribution in [0.15, 0.2) is 23.0 Å². The summed E-state index contributed by atoms with van der Waals surface area (Å²) in [7, 11) is -9.90. The zero-order chi connectivity index (χ0) is 25.7. The first kappa shape index (κ1) is 29.2. The van der Waals surface area contributed by atoms with Crippen molar-refractivity contribution in [1.29, 1.82) is 0 Å². The standard InChI is InChI=1S/2C9H10O7S.Mg/c2*1-9(17(12,13)14)4-5(10)6-7(8(9)11)16-3-2-15-6;/h2*2-4H2,1H3,(H,12,13,14);/q;;+2/p-2. The van der Waals surface area contributed by atoms with Gasteiger partial charge >= 0.3 is 23.1 Å². The molecule has 0 saturated heterocycles. The Hall–Kier alpha value is -2.05. The molecule has 4 aliphatic rings. The molecule has 0 fully saturated rings. The molecule has 2 atom stereocenters. The van der Waals surface area contributed by atoms with Crippen LogP contribution in [-0.2, 0) is 58.4 Å². The van der Waals surface area contributed by atoms with Crippen LogP contribution in [0.25, 0.3) is 0 Å². The molecule has 0 radical (unpaired) electrons. The van der Waals surface area contributed by atoms with Crippen molar-refractivity contribution >= 4 is 66.4 Å². The van der Waals surface area contributed by atoms with E-state index in [0.717, 1.165) is 13.8 Å². The van der Waals surface area contributed by atoms with Gasteiger partial charge in [-0.25, -0.2) is 16.8 Å². The van der Waals surface area contributed by atoms with E-state index in [0.29, 0.717) is 0 Å². The second-order valence-corrected chi connectivity index (χ2v) is 11.6. The zero-order valence-corrected chi connectivity index (χ0v) is 21.5. The minimum absolute atomic E-state index is 0. The maximum absolute atomic E-state index is 11.9. The van der Waals surface area contributed by atoms with Gasteiger partial charge in [0.25, 0.3) is 0 Å². The van der Waals surface area contributed by atoms with Crippen molar-refractivity contribution in [2.45, 2.75) is 36.2 Å². The molecule has 2 heterocycles. The molecular formula is C18H18MgO14S2. The van der Waals surface area contributed by atoms with Crippen LogP contribution in [0, 0.1) is 0 Å². The first-order valence-corrected chi connectivity index (χ1v) is 12.4. The third-order valence-corrected chi connectivity index (χ3v) is 8.41. The first-order chi connectivity index (χ1) is 15.5. The molecule has 14 nitrogen and oxygen atoms in total. The number of rotatable bonds is 2. The fraction of sp³-hybridized carbons (Fsp3) is 0.556. The molecule has 17 heteroatoms. The largest absolute Gasteiger partial charge is 2.00 e. The van der Waals surface area contributed by atoms with Crippen molar-refractivity contribution in [3.8, 4) is 0 Å². The van der Waals surface area contributed by atoms with Gasteiger partial charge in [-0.1, -0.05) is 0 Å². The van der Waals surface area contributed by atoms with Crippen LogP contribution >= 0.6 is 0 Å². The summed E-state index contributed by atoms with van der Waals surface area (Å²) >= 11 is 0. The van der Waals surface area contributed by atoms with Crippen LogP contribution in [0.5, 0.6) is 0 Å². The monoisotopic (exact) mass is 546 g/mol. The van der Waals surface area contributed by atoms with Crippen molar-refractivity contribution < 1.29 is 64.1 Å². The summed E-state index contributed by atoms with van der Waals surface area (Å²) in [6.07, 6.45) is -1.42. The minimum Gasteiger partial charge on any atom is -0.747 e. The van der Waals surface area contributed by atoms with Gasteiger partial charge in [-0.3, -0.25) is 19.2 Å². The maximum Gasteiger partial charge on any atom is 2.00 e. The van der Waals surface area contributed by atoms with Crippen LogP contribution < -0.4 is 0 Å². The molecule has 0 aromatic rings. The molecule has 0 N–H and O–H groups in total. The van der Waals surface area contributed by atoms with Crippen LogP contribution in [0.1, 0.15) is 26.7 Å². The average molecular weight is 547 g/mol. The molecule has 0 bridgehead atoms. The Morgan fingerprint density at radius 2 is 0.857 bits per heavy atom. The summed E-state index contributed by atoms with van der Waals surface area (Å²) in [5, 5.41) is 0. The molecular weight excluding hydrogens is 529 g/mol. The fourth-order valence-corrected chi connectivity index (χ4v) is 4.66. The topological polar surface area (TPSA) is 220 Å². The quantitative estimate of drug-likeness (QED) is 0.265. The Balaban J connectivity index is 0.000000240. The van der Waals surface area contributed by atoms with E-state index in [1.165, 1.54) is 0 Å². The Labute approximate surface area is 215 Å². The van der Waals surface area contributed by atoms with Gasteiger partial charge in [0.15, 0.2) is 0 Å². The van der Waals surface area contributed by atoms with E-state index in [4.69, 9.17) is 18.9 Å². The van der Waals surface area contributed by atoms with Crippen LogP contribution in [0.3, 0.4) is 0 Å². The van der Waals surface area contributed by atoms with Crippen LogP contribution in [-0.4, -0.2) is 108 Å². The fourth-order valence-electron chi connectivity index (χ4n) is 3.41. The van der Waals surface area contributed by atoms with Crippen LogP contribution in [0.4, 0.5) is 0 Å². The number of hydrogen-bond acceptors (Lipinski definition) is 14. The maximum atomic E-state index is 11.9. The third kappa shape index (κ3) is 4.97. The Morgan fingerprint density at radius 1 is 0.600 bits per heavy atom. The second-order valence-electron chi connectivity index (χ2n) is 7.94. The van der Waals surface area contributed by atoms with E-state index >= 15 is 0 Å². The van der Waals surface area contributed by atoms with E-state index in [1.54, 1.807) is 0 Å². The van der Waals surface area contributed by atoms with E-state index in [9.17, 15) is 45.1 Å². The molecule has 4 rings (SSSR count). The number of carbonyl (C=O) groups is 4. The van der Waals surface area contributed by atoms with Gasteiger partial charge in [0, 0.05) is 12.8 Å². The molecule has 0 spiro atoms. The third-order valence-electron chi connectivity index (χ3n) is 5.54. The number of ketones is 4. The van der Waals surface area contributed by atoms with Gasteiger partial charge in [-0.15, -0.1) is 0 Å². The second kappa shape index (κ2) is 9.77. The van der Waals surface area contributed by atoms with Crippen molar-refractivity contribution in [3.05, 3.63) is 23.0 Å². The molecule has 35 heavy (non-hydrogen) atoms. The number of Topliss-reactive ketones (excluding diaryl/α,β-unsaturated/α-hetero) is 4. The number of carbonyl (C=O) groups excluding carboxylic acids is 4. The van der Waals surface area contributed by atoms with Gasteiger partial charge in [0.2, 0.25) is 46.2 Å². The number of ether oxygens (including phenoxy) is 4. The Kier molecular flexibility index (Phi) is 8.15. The van der Waals surface area contributed by atoms with Gasteiger partial charge < -0.3 is 28.1 Å². The van der Waals surface area contributed by atoms with Gasteiger partial charge in [-0.2, -0.15) is 0 Å². The van der Waals surface area contributed by atoms with Crippen molar-refractivity contribution in [2.24, 2.45) is 0 Å². The molecule has 0 aromatic heterocycles. The van der Waals surface area contributed by atoms with Crippen molar-refractivity contribution in [1.82, 2.24) is 0 Å². The first-order valence-electron chi connectivity index (χ1n) is 9.61. The molecule has 188 valence electrons. The predicted molar refractivity (Wildman–Crippen MR) is 109 cm³/mol. The van der Waals surface area contributed by atoms with Gasteiger partial charge in [0.1, 0.15) is 56.2 Å². The summed E-state index contributed by atoms with van der Waals surface area (Å²) in [5.41, 5.74) is 0. The zero-order valence-electron chi connectivity index (χ0n) is 18.5. The predicted octanol–water partition coefficient (Wildman–Crippen LogP) is -2.20. The van der Waals surface area contributed by atoms with Crippen molar-refractivity contribution in [3.63, 3.8) is 0 Å². The molecule has 0 saturated carbocycles. The molecule has 2 aliphatic carbocycles. The van der Waals surface area contributed by atoms with E-state index in [-0.39, 0.29) is 61.0 Å². The smallest absolute Gasteiger partial charge is 0.747 e. The van der Waals surface area contributed by atoms with Gasteiger partial charge in [0.05, 0.1) is 0 Å². The summed E-state index contributed by atoms with van der Waals surface area (Å²) in [4.78, 5) is 47.0.